The van der Waals surface area contributed by atoms with Crippen LogP contribution < -0.4 is 28.3 Å². The van der Waals surface area contributed by atoms with Gasteiger partial charge in [0.15, 0.2) is 5.96 Å². The third-order valence-corrected chi connectivity index (χ3v) is 10.9. The molecule has 1 heterocycles. The summed E-state index contributed by atoms with van der Waals surface area (Å²) in [4.78, 5) is 4.13. The van der Waals surface area contributed by atoms with Gasteiger partial charge in [-0.15, -0.1) is 0 Å². The van der Waals surface area contributed by atoms with E-state index < -0.39 is 0 Å². The van der Waals surface area contributed by atoms with Gasteiger partial charge < -0.3 is 28.3 Å². The smallest absolute Gasteiger partial charge is 0.189 e. The minimum Gasteiger partial charge on any atom is -0.370 e. The predicted molar refractivity (Wildman–Crippen MR) is 189 cm³/mol. The molecule has 5 fully saturated rings. The number of nitrogens with zero attached hydrogens (tertiary/aromatic N) is 4. The van der Waals surface area contributed by atoms with Gasteiger partial charge in [0.25, 0.3) is 0 Å². The maximum atomic E-state index is 8.44. The zero-order valence-electron chi connectivity index (χ0n) is 29.5. The number of nitrogens with two attached hydrogens (primary N) is 4. The van der Waals surface area contributed by atoms with E-state index >= 15 is 0 Å². The molecule has 263 valence electrons. The van der Waals surface area contributed by atoms with E-state index in [0.717, 1.165) is 51.6 Å². The summed E-state index contributed by atoms with van der Waals surface area (Å²) in [6.07, 6.45) is 30.0. The van der Waals surface area contributed by atoms with E-state index in [-0.39, 0.29) is 29.6 Å². The Morgan fingerprint density at radius 3 is 1.68 bits per heavy atom. The van der Waals surface area contributed by atoms with Gasteiger partial charge in [0, 0.05) is 54.2 Å². The minimum atomic E-state index is -0.116. The SMILES string of the molecule is CC1(CC#N)CCCC1.N#CC=C1CCCC1.N#CCC1(N)CCCC1.NC1=NCCC2(CCCC2)N1.NCCC1(N)CCCC1.[V]. The van der Waals surface area contributed by atoms with Gasteiger partial charge in [-0.05, 0) is 102 Å². The Morgan fingerprint density at radius 2 is 1.21 bits per heavy atom. The molecule has 0 bridgehead atoms. The van der Waals surface area contributed by atoms with Crippen LogP contribution in [0.1, 0.15) is 161 Å². The Bertz CT molecular complexity index is 1010. The molecule has 6 rings (SSSR count). The molecule has 1 spiro atoms. The first-order chi connectivity index (χ1) is 22.0. The van der Waals surface area contributed by atoms with Crippen molar-refractivity contribution in [3.8, 4) is 18.2 Å². The first-order valence-corrected chi connectivity index (χ1v) is 18.2. The summed E-state index contributed by atoms with van der Waals surface area (Å²) >= 11 is 0. The van der Waals surface area contributed by atoms with Crippen LogP contribution in [0.3, 0.4) is 0 Å². The molecule has 0 amide bonds. The molecular formula is C37H65N9V. The minimum absolute atomic E-state index is 0. The summed E-state index contributed by atoms with van der Waals surface area (Å²) in [6, 6.07) is 6.42. The quantitative estimate of drug-likeness (QED) is 0.197. The number of nitriles is 3. The molecule has 0 atom stereocenters. The van der Waals surface area contributed by atoms with Crippen molar-refractivity contribution in [3.05, 3.63) is 11.6 Å². The molecule has 0 aromatic heterocycles. The van der Waals surface area contributed by atoms with Gasteiger partial charge in [0.05, 0.1) is 24.6 Å². The Balaban J connectivity index is 0.000000294. The van der Waals surface area contributed by atoms with Gasteiger partial charge in [-0.3, -0.25) is 4.99 Å². The van der Waals surface area contributed by atoms with Crippen molar-refractivity contribution >= 4 is 5.96 Å². The number of allylic oxidation sites excluding steroid dienone is 2. The summed E-state index contributed by atoms with van der Waals surface area (Å²) in [7, 11) is 0. The Labute approximate surface area is 298 Å². The number of nitrogens with one attached hydrogen (secondary N) is 1. The molecule has 0 saturated heterocycles. The molecule has 6 aliphatic rings. The topological polar surface area (TPSA) is 200 Å². The summed E-state index contributed by atoms with van der Waals surface area (Å²) in [5.74, 6) is 0.651. The van der Waals surface area contributed by atoms with Crippen LogP contribution in [-0.2, 0) is 18.6 Å². The van der Waals surface area contributed by atoms with Gasteiger partial charge in [-0.2, -0.15) is 15.8 Å². The predicted octanol–water partition coefficient (Wildman–Crippen LogP) is 6.87. The molecule has 5 aliphatic carbocycles. The van der Waals surface area contributed by atoms with Crippen LogP contribution in [-0.4, -0.2) is 35.7 Å². The fraction of sp³-hybridized carbons (Fsp3) is 0.838. The normalized spacial score (nSPS) is 23.4. The van der Waals surface area contributed by atoms with Crippen LogP contribution in [0.2, 0.25) is 0 Å². The fourth-order valence-electron chi connectivity index (χ4n) is 7.88. The number of aliphatic imine (C=N–C) groups is 1. The van der Waals surface area contributed by atoms with Crippen molar-refractivity contribution < 1.29 is 18.6 Å². The first-order valence-electron chi connectivity index (χ1n) is 18.2. The van der Waals surface area contributed by atoms with Gasteiger partial charge in [-0.1, -0.05) is 63.9 Å². The van der Waals surface area contributed by atoms with Crippen LogP contribution in [0.5, 0.6) is 0 Å². The van der Waals surface area contributed by atoms with Gasteiger partial charge >= 0.3 is 0 Å². The van der Waals surface area contributed by atoms with E-state index in [4.69, 9.17) is 38.7 Å². The van der Waals surface area contributed by atoms with Gasteiger partial charge in [-0.25, -0.2) is 0 Å². The van der Waals surface area contributed by atoms with Crippen molar-refractivity contribution in [2.75, 3.05) is 13.1 Å². The maximum Gasteiger partial charge on any atom is 0.189 e. The average Bonchev–Trinajstić information content (AvgIpc) is 3.86. The van der Waals surface area contributed by atoms with Crippen molar-refractivity contribution in [2.45, 2.75) is 178 Å². The van der Waals surface area contributed by atoms with E-state index in [1.165, 1.54) is 115 Å². The van der Waals surface area contributed by atoms with E-state index in [9.17, 15) is 0 Å². The monoisotopic (exact) mass is 686 g/mol. The summed E-state index contributed by atoms with van der Waals surface area (Å²) in [6.45, 7) is 3.89. The molecule has 1 aliphatic heterocycles. The molecule has 1 radical (unpaired) electrons. The third-order valence-electron chi connectivity index (χ3n) is 10.9. The van der Waals surface area contributed by atoms with Crippen LogP contribution >= 0.6 is 0 Å². The standard InChI is InChI=1S/C8H15N3.C8H13N.C7H16N2.C7H12N2.C7H9N.V/c9-7-10-6-5-8(11-7)3-1-2-4-8;1-8(6-7-9)4-2-3-5-8;2*8-6-5-7(9)3-1-2-4-7;8-6-5-7-3-1-2-4-7;/h1-6H2,(H3,9,10,11);2-6H2,1H3;1-6,8-9H2;1-5,9H2;5H,1-4H2;. The molecule has 0 aromatic rings. The number of hydrogen-bond acceptors (Lipinski definition) is 9. The Hall–Kier alpha value is -2.06. The number of guanidine groups is 1. The second-order valence-corrected chi connectivity index (χ2v) is 15.1. The molecule has 5 saturated carbocycles. The summed E-state index contributed by atoms with van der Waals surface area (Å²) < 4.78 is 0. The number of hydrogen-bond donors (Lipinski definition) is 5. The Morgan fingerprint density at radius 1 is 0.723 bits per heavy atom. The van der Waals surface area contributed by atoms with Crippen LogP contribution in [0.25, 0.3) is 0 Å². The van der Waals surface area contributed by atoms with Crippen molar-refractivity contribution in [3.63, 3.8) is 0 Å². The Kier molecular flexibility index (Phi) is 20.6. The van der Waals surface area contributed by atoms with Crippen LogP contribution in [0.15, 0.2) is 16.6 Å². The van der Waals surface area contributed by atoms with E-state index in [1.807, 2.05) is 6.07 Å². The largest absolute Gasteiger partial charge is 0.370 e. The number of rotatable bonds is 4. The maximum absolute atomic E-state index is 8.44. The molecule has 10 heteroatoms. The molecule has 0 aromatic carbocycles. The van der Waals surface area contributed by atoms with E-state index in [2.05, 4.69) is 29.4 Å². The van der Waals surface area contributed by atoms with Crippen LogP contribution in [0, 0.1) is 39.4 Å². The van der Waals surface area contributed by atoms with Crippen molar-refractivity contribution in [1.82, 2.24) is 5.32 Å². The van der Waals surface area contributed by atoms with Crippen molar-refractivity contribution in [2.24, 2.45) is 33.3 Å². The first kappa shape index (κ1) is 43.0. The van der Waals surface area contributed by atoms with Crippen molar-refractivity contribution in [1.29, 1.82) is 15.8 Å². The zero-order chi connectivity index (χ0) is 33.8. The van der Waals surface area contributed by atoms with E-state index in [0.29, 0.717) is 23.3 Å². The average molecular weight is 687 g/mol. The molecule has 9 N–H and O–H groups in total. The summed E-state index contributed by atoms with van der Waals surface area (Å²) in [5, 5.41) is 28.3. The summed E-state index contributed by atoms with van der Waals surface area (Å²) in [5.41, 5.74) is 24.9. The second-order valence-electron chi connectivity index (χ2n) is 15.1. The van der Waals surface area contributed by atoms with Gasteiger partial charge in [0.2, 0.25) is 0 Å². The molecule has 47 heavy (non-hydrogen) atoms. The third kappa shape index (κ3) is 16.7. The molecule has 0 unspecified atom stereocenters. The van der Waals surface area contributed by atoms with E-state index in [1.54, 1.807) is 6.08 Å². The van der Waals surface area contributed by atoms with Crippen LogP contribution in [0.4, 0.5) is 0 Å². The zero-order valence-corrected chi connectivity index (χ0v) is 30.9. The molecule has 9 nitrogen and oxygen atoms in total. The molecular weight excluding hydrogens is 621 g/mol. The van der Waals surface area contributed by atoms with Gasteiger partial charge in [0.1, 0.15) is 0 Å². The second kappa shape index (κ2) is 22.6. The fourth-order valence-corrected chi connectivity index (χ4v) is 7.88.